The molecule has 9 heavy (non-hydrogen) atoms. The molecule has 0 saturated heterocycles. The summed E-state index contributed by atoms with van der Waals surface area (Å²) in [6.07, 6.45) is 10.1. The first-order valence-corrected chi connectivity index (χ1v) is 3.97. The van der Waals surface area contributed by atoms with Crippen LogP contribution in [0, 0.1) is 6.42 Å². The van der Waals surface area contributed by atoms with E-state index in [1.165, 1.54) is 32.1 Å². The number of hydrogen-bond donors (Lipinski definition) is 1. The van der Waals surface area contributed by atoms with Gasteiger partial charge in [-0.15, -0.1) is 0 Å². The smallest absolute Gasteiger partial charge is 0.00415 e. The summed E-state index contributed by atoms with van der Waals surface area (Å²) < 4.78 is 0. The average molecular weight is 126 g/mol. The zero-order chi connectivity index (χ0) is 6.53. The third kappa shape index (κ3) is 2.85. The monoisotopic (exact) mass is 126 g/mol. The first-order valence-electron chi connectivity index (χ1n) is 3.97. The van der Waals surface area contributed by atoms with E-state index < -0.39 is 0 Å². The van der Waals surface area contributed by atoms with E-state index in [2.05, 4.69) is 6.42 Å². The molecule has 2 N–H and O–H groups in total. The van der Waals surface area contributed by atoms with E-state index in [4.69, 9.17) is 5.73 Å². The predicted molar refractivity (Wildman–Crippen MR) is 40.0 cm³/mol. The Bertz CT molecular complexity index is 63.0. The van der Waals surface area contributed by atoms with Crippen molar-refractivity contribution in [1.29, 1.82) is 0 Å². The van der Waals surface area contributed by atoms with E-state index in [0.29, 0.717) is 6.04 Å². The molecule has 0 aliphatic heterocycles. The number of hydrogen-bond acceptors (Lipinski definition) is 1. The van der Waals surface area contributed by atoms with Crippen LogP contribution in [0.4, 0.5) is 0 Å². The summed E-state index contributed by atoms with van der Waals surface area (Å²) in [4.78, 5) is 0. The third-order valence-corrected chi connectivity index (χ3v) is 1.95. The fraction of sp³-hybridized carbons (Fsp3) is 0.875. The van der Waals surface area contributed by atoms with E-state index in [0.717, 1.165) is 6.42 Å². The molecule has 1 heteroatoms. The minimum atomic E-state index is 0.463. The molecule has 1 nitrogen and oxygen atoms in total. The summed E-state index contributed by atoms with van der Waals surface area (Å²) in [5, 5.41) is 0. The molecule has 0 spiro atoms. The largest absolute Gasteiger partial charge is 0.328 e. The second-order valence-corrected chi connectivity index (χ2v) is 2.92. The molecule has 0 amide bonds. The lowest BCUT2D eigenvalue weighted by Gasteiger charge is -2.13. The van der Waals surface area contributed by atoms with Crippen molar-refractivity contribution >= 4 is 0 Å². The van der Waals surface area contributed by atoms with Crippen LogP contribution in [0.3, 0.4) is 0 Å². The maximum Gasteiger partial charge on any atom is 0.00415 e. The van der Waals surface area contributed by atoms with Gasteiger partial charge < -0.3 is 5.73 Å². The van der Waals surface area contributed by atoms with E-state index >= 15 is 0 Å². The predicted octanol–water partition coefficient (Wildman–Crippen LogP) is 1.87. The van der Waals surface area contributed by atoms with Gasteiger partial charge in [0.2, 0.25) is 0 Å². The Morgan fingerprint density at radius 3 is 3.00 bits per heavy atom. The van der Waals surface area contributed by atoms with Gasteiger partial charge in [0.05, 0.1) is 0 Å². The molecule has 1 radical (unpaired) electrons. The molecule has 1 atom stereocenters. The van der Waals surface area contributed by atoms with E-state index in [9.17, 15) is 0 Å². The van der Waals surface area contributed by atoms with E-state index in [1.807, 2.05) is 0 Å². The minimum Gasteiger partial charge on any atom is -0.328 e. The van der Waals surface area contributed by atoms with Crippen LogP contribution in [-0.4, -0.2) is 6.04 Å². The Kier molecular flexibility index (Phi) is 3.05. The van der Waals surface area contributed by atoms with Crippen molar-refractivity contribution in [2.75, 3.05) is 0 Å². The first-order chi connectivity index (χ1) is 4.39. The lowest BCUT2D eigenvalue weighted by molar-refractivity contribution is 0.506. The van der Waals surface area contributed by atoms with Crippen molar-refractivity contribution in [2.24, 2.45) is 5.73 Å². The Morgan fingerprint density at radius 2 is 2.11 bits per heavy atom. The Morgan fingerprint density at radius 1 is 1.22 bits per heavy atom. The van der Waals surface area contributed by atoms with Crippen LogP contribution in [-0.2, 0) is 0 Å². The SMILES string of the molecule is NC1C[CH]CCCCC1. The average Bonchev–Trinajstić information content (AvgIpc) is 1.79. The third-order valence-electron chi connectivity index (χ3n) is 1.95. The molecular formula is C8H16N. The summed E-state index contributed by atoms with van der Waals surface area (Å²) in [5.74, 6) is 0. The fourth-order valence-electron chi connectivity index (χ4n) is 1.32. The normalized spacial score (nSPS) is 25.0. The van der Waals surface area contributed by atoms with Crippen molar-refractivity contribution in [3.8, 4) is 0 Å². The molecule has 0 aromatic heterocycles. The molecule has 1 unspecified atom stereocenters. The minimum absolute atomic E-state index is 0.463. The zero-order valence-electron chi connectivity index (χ0n) is 5.97. The molecular weight excluding hydrogens is 110 g/mol. The van der Waals surface area contributed by atoms with E-state index in [1.54, 1.807) is 0 Å². The van der Waals surface area contributed by atoms with Crippen LogP contribution in [0.15, 0.2) is 0 Å². The van der Waals surface area contributed by atoms with Crippen molar-refractivity contribution in [2.45, 2.75) is 44.6 Å². The van der Waals surface area contributed by atoms with Crippen LogP contribution in [0.25, 0.3) is 0 Å². The van der Waals surface area contributed by atoms with Gasteiger partial charge in [-0.2, -0.15) is 0 Å². The lowest BCUT2D eigenvalue weighted by atomic mass is 9.98. The van der Waals surface area contributed by atoms with Gasteiger partial charge in [0.25, 0.3) is 0 Å². The summed E-state index contributed by atoms with van der Waals surface area (Å²) in [5.41, 5.74) is 5.77. The van der Waals surface area contributed by atoms with Gasteiger partial charge in [-0.05, 0) is 19.3 Å². The highest BCUT2D eigenvalue weighted by Crippen LogP contribution is 2.14. The summed E-state index contributed by atoms with van der Waals surface area (Å²) in [6.45, 7) is 0. The molecule has 53 valence electrons. The highest BCUT2D eigenvalue weighted by atomic mass is 14.6. The van der Waals surface area contributed by atoms with Gasteiger partial charge in [-0.3, -0.25) is 0 Å². The Balaban J connectivity index is 2.12. The van der Waals surface area contributed by atoms with Gasteiger partial charge in [0, 0.05) is 6.04 Å². The molecule has 0 aromatic rings. The van der Waals surface area contributed by atoms with Crippen molar-refractivity contribution in [3.63, 3.8) is 0 Å². The highest BCUT2D eigenvalue weighted by molar-refractivity contribution is 4.75. The molecule has 0 heterocycles. The van der Waals surface area contributed by atoms with Crippen LogP contribution in [0.1, 0.15) is 38.5 Å². The quantitative estimate of drug-likeness (QED) is 0.527. The van der Waals surface area contributed by atoms with Gasteiger partial charge in [-0.1, -0.05) is 25.7 Å². The summed E-state index contributed by atoms with van der Waals surface area (Å²) in [7, 11) is 0. The van der Waals surface area contributed by atoms with Crippen LogP contribution < -0.4 is 5.73 Å². The maximum atomic E-state index is 5.77. The van der Waals surface area contributed by atoms with Gasteiger partial charge in [0.1, 0.15) is 0 Å². The summed E-state index contributed by atoms with van der Waals surface area (Å²) in [6, 6.07) is 0.463. The molecule has 1 rings (SSSR count). The lowest BCUT2D eigenvalue weighted by Crippen LogP contribution is -2.20. The standard InChI is InChI=1S/C8H16N/c9-8-6-4-2-1-3-5-7-8/h4,8H,1-3,5-7,9H2. The summed E-state index contributed by atoms with van der Waals surface area (Å²) >= 11 is 0. The van der Waals surface area contributed by atoms with Crippen molar-refractivity contribution in [3.05, 3.63) is 6.42 Å². The molecule has 1 aliphatic carbocycles. The molecule has 1 fully saturated rings. The van der Waals surface area contributed by atoms with Crippen molar-refractivity contribution in [1.82, 2.24) is 0 Å². The zero-order valence-corrected chi connectivity index (χ0v) is 5.97. The van der Waals surface area contributed by atoms with Gasteiger partial charge in [-0.25, -0.2) is 0 Å². The Hall–Kier alpha value is -0.0400. The second kappa shape index (κ2) is 3.89. The maximum absolute atomic E-state index is 5.77. The fourth-order valence-corrected chi connectivity index (χ4v) is 1.32. The molecule has 0 bridgehead atoms. The number of rotatable bonds is 0. The second-order valence-electron chi connectivity index (χ2n) is 2.92. The molecule has 0 aromatic carbocycles. The first kappa shape index (κ1) is 7.07. The van der Waals surface area contributed by atoms with Crippen molar-refractivity contribution < 1.29 is 0 Å². The number of nitrogens with two attached hydrogens (primary N) is 1. The van der Waals surface area contributed by atoms with Crippen LogP contribution in [0.2, 0.25) is 0 Å². The van der Waals surface area contributed by atoms with Gasteiger partial charge in [0.15, 0.2) is 0 Å². The highest BCUT2D eigenvalue weighted by Gasteiger charge is 2.04. The molecule has 1 saturated carbocycles. The van der Waals surface area contributed by atoms with Crippen LogP contribution >= 0.6 is 0 Å². The van der Waals surface area contributed by atoms with E-state index in [-0.39, 0.29) is 0 Å². The Labute approximate surface area is 57.6 Å². The van der Waals surface area contributed by atoms with Gasteiger partial charge >= 0.3 is 0 Å². The van der Waals surface area contributed by atoms with Crippen LogP contribution in [0.5, 0.6) is 0 Å². The topological polar surface area (TPSA) is 26.0 Å². The molecule has 1 aliphatic rings.